The molecule has 25 heavy (non-hydrogen) atoms. The van der Waals surface area contributed by atoms with Crippen LogP contribution in [-0.2, 0) is 13.6 Å². The molecule has 0 aromatic carbocycles. The molecular weight excluding hydrogens is 318 g/mol. The number of aryl methyl sites for hydroxylation is 2. The maximum absolute atomic E-state index is 12.9. The summed E-state index contributed by atoms with van der Waals surface area (Å²) >= 11 is 0. The van der Waals surface area contributed by atoms with Crippen LogP contribution in [0.25, 0.3) is 16.9 Å². The third kappa shape index (κ3) is 2.07. The van der Waals surface area contributed by atoms with Crippen molar-refractivity contribution >= 4 is 16.9 Å². The predicted octanol–water partition coefficient (Wildman–Crippen LogP) is 2.29. The Hall–Kier alpha value is -2.31. The molecule has 0 unspecified atom stereocenters. The molecule has 0 radical (unpaired) electrons. The van der Waals surface area contributed by atoms with E-state index < -0.39 is 0 Å². The lowest BCUT2D eigenvalue weighted by Gasteiger charge is -2.24. The summed E-state index contributed by atoms with van der Waals surface area (Å²) < 4.78 is 7.01. The molecule has 1 saturated carbocycles. The smallest absolute Gasteiger partial charge is 0.311 e. The summed E-state index contributed by atoms with van der Waals surface area (Å²) in [6, 6.07) is 0.423. The number of hydrogen-bond donors (Lipinski definition) is 0. The molecule has 4 rings (SSSR count). The number of hydrogen-bond acceptors (Lipinski definition) is 3. The average Bonchev–Trinajstić information content (AvgIpc) is 3.11. The summed E-state index contributed by atoms with van der Waals surface area (Å²) in [4.78, 5) is 30.1. The molecule has 3 heterocycles. The predicted molar refractivity (Wildman–Crippen MR) is 97.5 cm³/mol. The maximum Gasteiger partial charge on any atom is 0.332 e. The fraction of sp³-hybridized carbons (Fsp3) is 0.611. The Morgan fingerprint density at radius 1 is 1.08 bits per heavy atom. The number of imidazole rings is 2. The zero-order chi connectivity index (χ0) is 17.9. The molecule has 7 nitrogen and oxygen atoms in total. The highest BCUT2D eigenvalue weighted by Crippen LogP contribution is 2.33. The Morgan fingerprint density at radius 3 is 2.40 bits per heavy atom. The molecule has 1 aliphatic rings. The molecule has 134 valence electrons. The van der Waals surface area contributed by atoms with Gasteiger partial charge >= 0.3 is 5.69 Å². The Morgan fingerprint density at radius 2 is 1.76 bits per heavy atom. The zero-order valence-corrected chi connectivity index (χ0v) is 15.4. The normalized spacial score (nSPS) is 16.3. The molecule has 0 bridgehead atoms. The maximum atomic E-state index is 12.9. The van der Waals surface area contributed by atoms with E-state index in [1.807, 2.05) is 18.2 Å². The lowest BCUT2D eigenvalue weighted by Crippen LogP contribution is -2.38. The first kappa shape index (κ1) is 16.2. The van der Waals surface area contributed by atoms with E-state index in [2.05, 4.69) is 11.5 Å². The second-order valence-corrected chi connectivity index (χ2v) is 7.14. The Labute approximate surface area is 145 Å². The molecule has 3 aromatic heterocycles. The summed E-state index contributed by atoms with van der Waals surface area (Å²) in [5.41, 5.74) is 2.61. The lowest BCUT2D eigenvalue weighted by atomic mass is 9.95. The molecule has 0 spiro atoms. The van der Waals surface area contributed by atoms with Gasteiger partial charge in [0.25, 0.3) is 5.56 Å². The van der Waals surface area contributed by atoms with Crippen LogP contribution in [0.15, 0.2) is 9.59 Å². The molecule has 7 heteroatoms. The lowest BCUT2D eigenvalue weighted by molar-refractivity contribution is 0.355. The van der Waals surface area contributed by atoms with E-state index in [0.717, 1.165) is 30.0 Å². The first-order valence-electron chi connectivity index (χ1n) is 9.16. The molecule has 0 saturated heterocycles. The Balaban J connectivity index is 2.15. The van der Waals surface area contributed by atoms with Crippen molar-refractivity contribution in [3.63, 3.8) is 0 Å². The average molecular weight is 343 g/mol. The molecule has 0 aliphatic heterocycles. The molecule has 0 amide bonds. The second kappa shape index (κ2) is 5.61. The van der Waals surface area contributed by atoms with Gasteiger partial charge in [-0.1, -0.05) is 19.3 Å². The number of fused-ring (bicyclic) bond motifs is 3. The zero-order valence-electron chi connectivity index (χ0n) is 15.4. The highest BCUT2D eigenvalue weighted by molar-refractivity contribution is 5.76. The van der Waals surface area contributed by atoms with E-state index in [1.54, 1.807) is 7.05 Å². The van der Waals surface area contributed by atoms with Gasteiger partial charge in [0.05, 0.1) is 0 Å². The van der Waals surface area contributed by atoms with Gasteiger partial charge in [0.15, 0.2) is 11.2 Å². The quantitative estimate of drug-likeness (QED) is 0.717. The van der Waals surface area contributed by atoms with Gasteiger partial charge in [-0.25, -0.2) is 4.79 Å². The second-order valence-electron chi connectivity index (χ2n) is 7.14. The van der Waals surface area contributed by atoms with Crippen LogP contribution in [0.5, 0.6) is 0 Å². The van der Waals surface area contributed by atoms with Crippen LogP contribution in [0.2, 0.25) is 0 Å². The van der Waals surface area contributed by atoms with Crippen molar-refractivity contribution in [1.82, 2.24) is 23.1 Å². The van der Waals surface area contributed by atoms with Gasteiger partial charge in [-0.15, -0.1) is 0 Å². The monoisotopic (exact) mass is 343 g/mol. The molecule has 3 aromatic rings. The SMILES string of the molecule is CCn1c(=O)c2c(nc3n(C4CCCCC4)c(C)c(C)n23)n(C)c1=O. The van der Waals surface area contributed by atoms with Gasteiger partial charge in [0, 0.05) is 31.0 Å². The molecule has 1 aliphatic carbocycles. The van der Waals surface area contributed by atoms with Crippen molar-refractivity contribution in [2.75, 3.05) is 0 Å². The van der Waals surface area contributed by atoms with Crippen LogP contribution >= 0.6 is 0 Å². The summed E-state index contributed by atoms with van der Waals surface area (Å²) in [5.74, 6) is 0.790. The third-order valence-corrected chi connectivity index (χ3v) is 5.82. The summed E-state index contributed by atoms with van der Waals surface area (Å²) in [5, 5.41) is 0. The van der Waals surface area contributed by atoms with E-state index >= 15 is 0 Å². The van der Waals surface area contributed by atoms with Crippen LogP contribution in [0.1, 0.15) is 56.5 Å². The van der Waals surface area contributed by atoms with Crippen molar-refractivity contribution < 1.29 is 0 Å². The molecule has 1 fully saturated rings. The van der Waals surface area contributed by atoms with E-state index in [9.17, 15) is 9.59 Å². The fourth-order valence-electron chi connectivity index (χ4n) is 4.33. The summed E-state index contributed by atoms with van der Waals surface area (Å²) in [6.45, 7) is 6.31. The highest BCUT2D eigenvalue weighted by atomic mass is 16.2. The van der Waals surface area contributed by atoms with Crippen LogP contribution < -0.4 is 11.2 Å². The van der Waals surface area contributed by atoms with E-state index in [0.29, 0.717) is 23.8 Å². The molecular formula is C18H25N5O2. The standard InChI is InChI=1S/C18H25N5O2/c1-5-21-16(24)14-15(20(4)18(21)25)19-17-22(11(2)12(3)23(14)17)13-9-7-6-8-10-13/h13H,5-10H2,1-4H3. The minimum atomic E-state index is -0.306. The van der Waals surface area contributed by atoms with Gasteiger partial charge in [-0.05, 0) is 33.6 Å². The van der Waals surface area contributed by atoms with Crippen LogP contribution in [0, 0.1) is 13.8 Å². The van der Waals surface area contributed by atoms with Crippen molar-refractivity contribution in [3.05, 3.63) is 32.2 Å². The topological polar surface area (TPSA) is 66.2 Å². The van der Waals surface area contributed by atoms with E-state index in [-0.39, 0.29) is 11.2 Å². The van der Waals surface area contributed by atoms with Crippen molar-refractivity contribution in [1.29, 1.82) is 0 Å². The number of nitrogens with zero attached hydrogens (tertiary/aromatic N) is 5. The minimum absolute atomic E-state index is 0.253. The van der Waals surface area contributed by atoms with Gasteiger partial charge in [0.2, 0.25) is 5.78 Å². The van der Waals surface area contributed by atoms with Gasteiger partial charge in [-0.2, -0.15) is 4.98 Å². The van der Waals surface area contributed by atoms with E-state index in [4.69, 9.17) is 4.98 Å². The van der Waals surface area contributed by atoms with Gasteiger partial charge < -0.3 is 4.57 Å². The van der Waals surface area contributed by atoms with Crippen LogP contribution in [0.3, 0.4) is 0 Å². The summed E-state index contributed by atoms with van der Waals surface area (Å²) in [7, 11) is 1.69. The van der Waals surface area contributed by atoms with Crippen molar-refractivity contribution in [2.45, 2.75) is 65.5 Å². The Bertz CT molecular complexity index is 1090. The minimum Gasteiger partial charge on any atom is -0.311 e. The number of rotatable bonds is 2. The number of aromatic nitrogens is 5. The summed E-state index contributed by atoms with van der Waals surface area (Å²) in [6.07, 6.45) is 6.04. The van der Waals surface area contributed by atoms with Crippen molar-refractivity contribution in [2.24, 2.45) is 7.05 Å². The van der Waals surface area contributed by atoms with Crippen LogP contribution in [-0.4, -0.2) is 23.1 Å². The van der Waals surface area contributed by atoms with E-state index in [1.165, 1.54) is 28.4 Å². The molecule has 0 N–H and O–H groups in total. The highest BCUT2D eigenvalue weighted by Gasteiger charge is 2.26. The largest absolute Gasteiger partial charge is 0.332 e. The van der Waals surface area contributed by atoms with Crippen molar-refractivity contribution in [3.8, 4) is 0 Å². The van der Waals surface area contributed by atoms with Crippen LogP contribution in [0.4, 0.5) is 0 Å². The van der Waals surface area contributed by atoms with Gasteiger partial charge in [-0.3, -0.25) is 18.3 Å². The third-order valence-electron chi connectivity index (χ3n) is 5.82. The fourth-order valence-corrected chi connectivity index (χ4v) is 4.33. The first-order chi connectivity index (χ1) is 12.0. The Kier molecular flexibility index (Phi) is 3.63. The molecule has 0 atom stereocenters. The van der Waals surface area contributed by atoms with Gasteiger partial charge in [0.1, 0.15) is 0 Å². The first-order valence-corrected chi connectivity index (χ1v) is 9.16.